The van der Waals surface area contributed by atoms with Gasteiger partial charge >= 0.3 is 0 Å². The van der Waals surface area contributed by atoms with E-state index in [4.69, 9.17) is 0 Å². The lowest BCUT2D eigenvalue weighted by atomic mass is 10.3. The molecule has 0 unspecified atom stereocenters. The Morgan fingerprint density at radius 1 is 1.18 bits per heavy atom. The van der Waals surface area contributed by atoms with Gasteiger partial charge in [0.2, 0.25) is 0 Å². The van der Waals surface area contributed by atoms with Gasteiger partial charge < -0.3 is 5.11 Å². The highest BCUT2D eigenvalue weighted by Crippen LogP contribution is 1.90. The molecule has 0 saturated heterocycles. The van der Waals surface area contributed by atoms with Crippen LogP contribution in [0.2, 0.25) is 0 Å². The molecule has 0 aliphatic rings. The van der Waals surface area contributed by atoms with E-state index in [0.29, 0.717) is 6.42 Å². The van der Waals surface area contributed by atoms with Gasteiger partial charge in [0.25, 0.3) is 0 Å². The van der Waals surface area contributed by atoms with Crippen LogP contribution in [0.1, 0.15) is 6.42 Å². The Morgan fingerprint density at radius 3 is 2.09 bits per heavy atom. The van der Waals surface area contributed by atoms with Crippen LogP contribution in [0.15, 0.2) is 25.3 Å². The van der Waals surface area contributed by atoms with Gasteiger partial charge in [-0.1, -0.05) is 18.6 Å². The van der Waals surface area contributed by atoms with Crippen molar-refractivity contribution in [1.29, 1.82) is 0 Å². The maximum Gasteiger partial charge on any atom is 0.0163 e. The lowest BCUT2D eigenvalue weighted by Gasteiger charge is -2.19. The van der Waals surface area contributed by atoms with Crippen LogP contribution in [-0.4, -0.2) is 31.1 Å². The predicted molar refractivity (Wildman–Crippen MR) is 46.3 cm³/mol. The summed E-state index contributed by atoms with van der Waals surface area (Å²) in [6.07, 6.45) is 4.39. The molecule has 0 rings (SSSR count). The quantitative estimate of drug-likeness (QED) is 0.496. The van der Waals surface area contributed by atoms with E-state index in [-0.39, 0.29) is 6.61 Å². The normalized spacial score (nSPS) is 10.0. The van der Waals surface area contributed by atoms with Crippen molar-refractivity contribution in [2.75, 3.05) is 26.2 Å². The van der Waals surface area contributed by atoms with E-state index in [1.807, 2.05) is 12.2 Å². The molecule has 0 spiro atoms. The molecule has 0 heterocycles. The number of hydrogen-bond acceptors (Lipinski definition) is 2. The molecule has 0 saturated carbocycles. The summed E-state index contributed by atoms with van der Waals surface area (Å²) in [6, 6.07) is 0. The third kappa shape index (κ3) is 5.83. The zero-order valence-corrected chi connectivity index (χ0v) is 6.96. The Morgan fingerprint density at radius 2 is 1.73 bits per heavy atom. The van der Waals surface area contributed by atoms with Gasteiger partial charge in [0.05, 0.1) is 0 Å². The molecule has 0 aliphatic carbocycles. The van der Waals surface area contributed by atoms with E-state index < -0.39 is 0 Å². The second-order valence-corrected chi connectivity index (χ2v) is 2.39. The van der Waals surface area contributed by atoms with E-state index in [1.54, 1.807) is 0 Å². The van der Waals surface area contributed by atoms with Gasteiger partial charge in [0.1, 0.15) is 0 Å². The number of hydrogen-bond donors (Lipinski definition) is 0. The molecule has 11 heavy (non-hydrogen) atoms. The minimum atomic E-state index is 0.00475. The average molecular weight is 154 g/mol. The average Bonchev–Trinajstić information content (AvgIpc) is 2.01. The summed E-state index contributed by atoms with van der Waals surface area (Å²) in [5.41, 5.74) is 0. The van der Waals surface area contributed by atoms with Crippen LogP contribution in [0.25, 0.3) is 0 Å². The zero-order valence-electron chi connectivity index (χ0n) is 6.96. The van der Waals surface area contributed by atoms with Crippen molar-refractivity contribution in [3.8, 4) is 0 Å². The van der Waals surface area contributed by atoms with Gasteiger partial charge in [0, 0.05) is 13.1 Å². The summed E-state index contributed by atoms with van der Waals surface area (Å²) in [5, 5.41) is 10.2. The summed E-state index contributed by atoms with van der Waals surface area (Å²) in [4.78, 5) is 2.14. The minimum absolute atomic E-state index is 0.00475. The van der Waals surface area contributed by atoms with Crippen molar-refractivity contribution in [2.24, 2.45) is 0 Å². The first-order chi connectivity index (χ1) is 5.35. The van der Waals surface area contributed by atoms with Gasteiger partial charge in [-0.05, 0) is 6.54 Å². The van der Waals surface area contributed by atoms with Crippen molar-refractivity contribution in [3.05, 3.63) is 25.3 Å². The Labute approximate surface area is 68.8 Å². The summed E-state index contributed by atoms with van der Waals surface area (Å²) in [6.45, 7) is 9.81. The Balaban J connectivity index is 3.49. The van der Waals surface area contributed by atoms with Crippen molar-refractivity contribution >= 4 is 0 Å². The molecule has 0 atom stereocenters. The fourth-order valence-corrected chi connectivity index (χ4v) is 0.910. The molecule has 0 aromatic rings. The minimum Gasteiger partial charge on any atom is -0.854 e. The number of nitrogens with zero attached hydrogens (tertiary/aromatic N) is 1. The SMILES string of the molecule is C=CCN(CC=C)CCC[O-]. The largest absolute Gasteiger partial charge is 0.854 e. The Hall–Kier alpha value is -0.600. The van der Waals surface area contributed by atoms with E-state index >= 15 is 0 Å². The molecule has 64 valence electrons. The molecule has 2 nitrogen and oxygen atoms in total. The van der Waals surface area contributed by atoms with Crippen LogP contribution in [0, 0.1) is 0 Å². The molecule has 0 fully saturated rings. The molecule has 2 heteroatoms. The predicted octanol–water partition coefficient (Wildman–Crippen LogP) is 0.411. The van der Waals surface area contributed by atoms with Crippen LogP contribution in [0.3, 0.4) is 0 Å². The monoisotopic (exact) mass is 154 g/mol. The highest BCUT2D eigenvalue weighted by Gasteiger charge is 1.96. The van der Waals surface area contributed by atoms with Crippen LogP contribution in [-0.2, 0) is 0 Å². The van der Waals surface area contributed by atoms with Gasteiger partial charge in [-0.25, -0.2) is 0 Å². The molecule has 0 aliphatic heterocycles. The van der Waals surface area contributed by atoms with E-state index in [9.17, 15) is 5.11 Å². The van der Waals surface area contributed by atoms with E-state index in [1.165, 1.54) is 0 Å². The van der Waals surface area contributed by atoms with Crippen molar-refractivity contribution in [1.82, 2.24) is 4.90 Å². The van der Waals surface area contributed by atoms with Crippen LogP contribution in [0.5, 0.6) is 0 Å². The second kappa shape index (κ2) is 7.51. The number of rotatable bonds is 7. The van der Waals surface area contributed by atoms with Gasteiger partial charge in [-0.15, -0.1) is 19.8 Å². The summed E-state index contributed by atoms with van der Waals surface area (Å²) in [7, 11) is 0. The molecule has 0 aromatic heterocycles. The van der Waals surface area contributed by atoms with Crippen molar-refractivity contribution < 1.29 is 5.11 Å². The summed E-state index contributed by atoms with van der Waals surface area (Å²) < 4.78 is 0. The van der Waals surface area contributed by atoms with Gasteiger partial charge in [0.15, 0.2) is 0 Å². The standard InChI is InChI=1S/C9H16NO/c1-3-6-10(7-4-2)8-5-9-11/h3-4H,1-2,5-9H2/q-1. The lowest BCUT2D eigenvalue weighted by molar-refractivity contribution is -0.368. The first-order valence-electron chi connectivity index (χ1n) is 3.87. The summed E-state index contributed by atoms with van der Waals surface area (Å²) in [5.74, 6) is 0. The third-order valence-corrected chi connectivity index (χ3v) is 1.39. The fourth-order valence-electron chi connectivity index (χ4n) is 0.910. The lowest BCUT2D eigenvalue weighted by Crippen LogP contribution is -2.27. The first-order valence-corrected chi connectivity index (χ1v) is 3.87. The van der Waals surface area contributed by atoms with Gasteiger partial charge in [-0.3, -0.25) is 4.90 Å². The molecule has 0 aromatic carbocycles. The first kappa shape index (κ1) is 10.4. The fraction of sp³-hybridized carbons (Fsp3) is 0.556. The molecular formula is C9H16NO-. The maximum atomic E-state index is 10.2. The zero-order chi connectivity index (χ0) is 8.53. The van der Waals surface area contributed by atoms with E-state index in [2.05, 4.69) is 18.1 Å². The third-order valence-electron chi connectivity index (χ3n) is 1.39. The molecule has 0 radical (unpaired) electrons. The van der Waals surface area contributed by atoms with Crippen molar-refractivity contribution in [3.63, 3.8) is 0 Å². The van der Waals surface area contributed by atoms with Crippen LogP contribution < -0.4 is 5.11 Å². The van der Waals surface area contributed by atoms with Crippen molar-refractivity contribution in [2.45, 2.75) is 6.42 Å². The van der Waals surface area contributed by atoms with Crippen LogP contribution >= 0.6 is 0 Å². The maximum absolute atomic E-state index is 10.2. The molecular weight excluding hydrogens is 138 g/mol. The van der Waals surface area contributed by atoms with Crippen LogP contribution in [0.4, 0.5) is 0 Å². The van der Waals surface area contributed by atoms with Gasteiger partial charge in [-0.2, -0.15) is 0 Å². The highest BCUT2D eigenvalue weighted by molar-refractivity contribution is 4.79. The molecule has 0 N–H and O–H groups in total. The topological polar surface area (TPSA) is 26.3 Å². The molecule has 0 amide bonds. The highest BCUT2D eigenvalue weighted by atomic mass is 16.3. The smallest absolute Gasteiger partial charge is 0.0163 e. The molecule has 0 bridgehead atoms. The Bertz CT molecular complexity index is 102. The van der Waals surface area contributed by atoms with E-state index in [0.717, 1.165) is 19.6 Å². The Kier molecular flexibility index (Phi) is 7.10. The summed E-state index contributed by atoms with van der Waals surface area (Å²) >= 11 is 0. The second-order valence-electron chi connectivity index (χ2n) is 2.39.